The van der Waals surface area contributed by atoms with E-state index in [0.29, 0.717) is 6.04 Å². The molecule has 1 fully saturated rings. The highest BCUT2D eigenvalue weighted by Crippen LogP contribution is 2.44. The lowest BCUT2D eigenvalue weighted by atomic mass is 9.83. The van der Waals surface area contributed by atoms with E-state index < -0.39 is 5.54 Å². The number of nitrogens with zero attached hydrogens (tertiary/aromatic N) is 4. The van der Waals surface area contributed by atoms with Gasteiger partial charge in [-0.3, -0.25) is 4.79 Å². The van der Waals surface area contributed by atoms with Gasteiger partial charge in [0.25, 0.3) is 5.91 Å². The van der Waals surface area contributed by atoms with Crippen molar-refractivity contribution in [2.75, 3.05) is 16.8 Å². The van der Waals surface area contributed by atoms with Gasteiger partial charge in [-0.2, -0.15) is 4.98 Å². The third-order valence-corrected chi connectivity index (χ3v) is 4.92. The van der Waals surface area contributed by atoms with Crippen LogP contribution in [0.4, 0.5) is 11.5 Å². The smallest absolute Gasteiger partial charge is 0.252 e. The second kappa shape index (κ2) is 4.58. The Balaban J connectivity index is 2.18. The topological polar surface area (TPSA) is 49.3 Å². The van der Waals surface area contributed by atoms with Gasteiger partial charge in [0.1, 0.15) is 11.2 Å². The van der Waals surface area contributed by atoms with Crippen LogP contribution in [-0.4, -0.2) is 34.5 Å². The van der Waals surface area contributed by atoms with Crippen LogP contribution in [0.25, 0.3) is 0 Å². The van der Waals surface area contributed by atoms with Gasteiger partial charge < -0.3 is 9.80 Å². The van der Waals surface area contributed by atoms with Crippen molar-refractivity contribution in [3.05, 3.63) is 11.5 Å². The second-order valence-corrected chi connectivity index (χ2v) is 6.13. The molecule has 108 valence electrons. The highest BCUT2D eigenvalue weighted by molar-refractivity contribution is 6.28. The molecule has 1 amide bonds. The highest BCUT2D eigenvalue weighted by atomic mass is 35.5. The predicted molar refractivity (Wildman–Crippen MR) is 79.3 cm³/mol. The van der Waals surface area contributed by atoms with Crippen molar-refractivity contribution >= 4 is 29.0 Å². The van der Waals surface area contributed by atoms with Crippen LogP contribution in [-0.2, 0) is 4.79 Å². The molecule has 0 bridgehead atoms. The van der Waals surface area contributed by atoms with E-state index >= 15 is 0 Å². The maximum Gasteiger partial charge on any atom is 0.252 e. The zero-order valence-corrected chi connectivity index (χ0v) is 12.8. The molecule has 5 nitrogen and oxygen atoms in total. The van der Waals surface area contributed by atoms with Gasteiger partial charge in [-0.25, -0.2) is 4.98 Å². The number of aromatic nitrogens is 2. The van der Waals surface area contributed by atoms with Gasteiger partial charge in [0.15, 0.2) is 5.82 Å². The molecular weight excluding hydrogens is 276 g/mol. The van der Waals surface area contributed by atoms with E-state index in [4.69, 9.17) is 11.6 Å². The maximum absolute atomic E-state index is 12.8. The van der Waals surface area contributed by atoms with Crippen molar-refractivity contribution in [1.82, 2.24) is 9.97 Å². The number of rotatable bonds is 2. The molecule has 1 aromatic rings. The first-order valence-electron chi connectivity index (χ1n) is 7.09. The minimum absolute atomic E-state index is 0.102. The molecule has 0 unspecified atom stereocenters. The number of amides is 1. The van der Waals surface area contributed by atoms with Crippen LogP contribution >= 0.6 is 11.6 Å². The summed E-state index contributed by atoms with van der Waals surface area (Å²) in [6.45, 7) is 4.05. The molecule has 20 heavy (non-hydrogen) atoms. The fraction of sp³-hybridized carbons (Fsp3) is 0.643. The van der Waals surface area contributed by atoms with Gasteiger partial charge >= 0.3 is 0 Å². The first-order valence-corrected chi connectivity index (χ1v) is 7.47. The summed E-state index contributed by atoms with van der Waals surface area (Å²) >= 11 is 5.98. The first kappa shape index (κ1) is 13.6. The molecule has 0 N–H and O–H groups in total. The van der Waals surface area contributed by atoms with Crippen molar-refractivity contribution in [1.29, 1.82) is 0 Å². The Morgan fingerprint density at radius 3 is 2.75 bits per heavy atom. The van der Waals surface area contributed by atoms with Crippen LogP contribution in [0.5, 0.6) is 0 Å². The first-order chi connectivity index (χ1) is 9.49. The van der Waals surface area contributed by atoms with Crippen LogP contribution in [0.15, 0.2) is 6.20 Å². The summed E-state index contributed by atoms with van der Waals surface area (Å²) in [6.07, 6.45) is 5.80. The van der Waals surface area contributed by atoms with E-state index in [-0.39, 0.29) is 11.2 Å². The fourth-order valence-corrected chi connectivity index (χ4v) is 3.24. The molecule has 1 saturated carbocycles. The highest BCUT2D eigenvalue weighted by Gasteiger charge is 2.50. The SMILES string of the molecule is CC[C@]1(C)C(=O)N(C)c2cnc(Cl)nc2N1C1CCC1. The van der Waals surface area contributed by atoms with Crippen molar-refractivity contribution in [2.24, 2.45) is 0 Å². The van der Waals surface area contributed by atoms with Crippen LogP contribution in [0, 0.1) is 0 Å². The number of anilines is 2. The van der Waals surface area contributed by atoms with Gasteiger partial charge in [-0.15, -0.1) is 0 Å². The van der Waals surface area contributed by atoms with Crippen LogP contribution < -0.4 is 9.80 Å². The largest absolute Gasteiger partial charge is 0.337 e. The lowest BCUT2D eigenvalue weighted by Crippen LogP contribution is -2.65. The summed E-state index contributed by atoms with van der Waals surface area (Å²) in [4.78, 5) is 25.1. The summed E-state index contributed by atoms with van der Waals surface area (Å²) in [5, 5.41) is 0.231. The Kier molecular flexibility index (Phi) is 3.12. The number of hydrogen-bond acceptors (Lipinski definition) is 4. The lowest BCUT2D eigenvalue weighted by Gasteiger charge is -2.53. The van der Waals surface area contributed by atoms with E-state index in [2.05, 4.69) is 14.9 Å². The number of hydrogen-bond donors (Lipinski definition) is 0. The van der Waals surface area contributed by atoms with Crippen molar-refractivity contribution in [3.8, 4) is 0 Å². The van der Waals surface area contributed by atoms with Crippen LogP contribution in [0.1, 0.15) is 39.5 Å². The summed E-state index contributed by atoms with van der Waals surface area (Å²) in [5.41, 5.74) is 0.196. The molecule has 1 aliphatic carbocycles. The number of carbonyl (C=O) groups is 1. The Morgan fingerprint density at radius 1 is 1.50 bits per heavy atom. The number of halogens is 1. The Morgan fingerprint density at radius 2 is 2.20 bits per heavy atom. The lowest BCUT2D eigenvalue weighted by molar-refractivity contribution is -0.124. The zero-order valence-electron chi connectivity index (χ0n) is 12.1. The maximum atomic E-state index is 12.8. The average molecular weight is 295 g/mol. The normalized spacial score (nSPS) is 26.5. The van der Waals surface area contributed by atoms with E-state index in [1.54, 1.807) is 18.1 Å². The van der Waals surface area contributed by atoms with E-state index in [1.807, 2.05) is 13.8 Å². The van der Waals surface area contributed by atoms with E-state index in [0.717, 1.165) is 30.8 Å². The van der Waals surface area contributed by atoms with Crippen molar-refractivity contribution < 1.29 is 4.79 Å². The summed E-state index contributed by atoms with van der Waals surface area (Å²) in [7, 11) is 1.78. The van der Waals surface area contributed by atoms with Gasteiger partial charge in [0.2, 0.25) is 5.28 Å². The van der Waals surface area contributed by atoms with Crippen LogP contribution in [0.3, 0.4) is 0 Å². The standard InChI is InChI=1S/C14H19ClN4O/c1-4-14(2)12(20)18(3)10-8-16-13(15)17-11(10)19(14)9-6-5-7-9/h8-9H,4-7H2,1-3H3/t14-/m1/s1. The third-order valence-electron chi connectivity index (χ3n) is 4.74. The van der Waals surface area contributed by atoms with Crippen LogP contribution in [0.2, 0.25) is 5.28 Å². The molecule has 2 aliphatic rings. The zero-order chi connectivity index (χ0) is 14.5. The van der Waals surface area contributed by atoms with E-state index in [9.17, 15) is 4.79 Å². The molecule has 2 heterocycles. The van der Waals surface area contributed by atoms with Crippen molar-refractivity contribution in [3.63, 3.8) is 0 Å². The molecule has 3 rings (SSSR count). The summed E-state index contributed by atoms with van der Waals surface area (Å²) in [5.74, 6) is 0.895. The third kappa shape index (κ3) is 1.72. The second-order valence-electron chi connectivity index (χ2n) is 5.79. The van der Waals surface area contributed by atoms with Gasteiger partial charge in [0.05, 0.1) is 6.20 Å². The minimum Gasteiger partial charge on any atom is -0.337 e. The number of fused-ring (bicyclic) bond motifs is 1. The minimum atomic E-state index is -0.551. The Labute approximate surface area is 123 Å². The van der Waals surface area contributed by atoms with Gasteiger partial charge in [0, 0.05) is 13.1 Å². The molecule has 6 heteroatoms. The van der Waals surface area contributed by atoms with E-state index in [1.165, 1.54) is 6.42 Å². The molecule has 1 aromatic heterocycles. The number of carbonyl (C=O) groups excluding carboxylic acids is 1. The van der Waals surface area contributed by atoms with Gasteiger partial charge in [-0.05, 0) is 44.2 Å². The van der Waals surface area contributed by atoms with Gasteiger partial charge in [-0.1, -0.05) is 6.92 Å². The Hall–Kier alpha value is -1.36. The molecular formula is C14H19ClN4O. The monoisotopic (exact) mass is 294 g/mol. The Bertz CT molecular complexity index is 560. The molecule has 1 atom stereocenters. The quantitative estimate of drug-likeness (QED) is 0.787. The number of likely N-dealkylation sites (N-methyl/N-ethyl adjacent to an activating group) is 1. The predicted octanol–water partition coefficient (Wildman–Crippen LogP) is 2.63. The molecule has 0 saturated heterocycles. The molecule has 0 radical (unpaired) electrons. The average Bonchev–Trinajstić information content (AvgIpc) is 2.38. The molecule has 0 aromatic carbocycles. The molecule has 0 spiro atoms. The summed E-state index contributed by atoms with van der Waals surface area (Å²) < 4.78 is 0. The van der Waals surface area contributed by atoms with Crippen molar-refractivity contribution in [2.45, 2.75) is 51.1 Å². The summed E-state index contributed by atoms with van der Waals surface area (Å²) in [6, 6.07) is 0.377. The molecule has 1 aliphatic heterocycles. The fourth-order valence-electron chi connectivity index (χ4n) is 3.11.